The molecule has 1 saturated carbocycles. The summed E-state index contributed by atoms with van der Waals surface area (Å²) in [5.41, 5.74) is 0.699. The van der Waals surface area contributed by atoms with Gasteiger partial charge in [0.05, 0.1) is 6.42 Å². The van der Waals surface area contributed by atoms with Gasteiger partial charge in [-0.1, -0.05) is 18.2 Å². The number of hydrogen-bond donors (Lipinski definition) is 0. The van der Waals surface area contributed by atoms with Crippen molar-refractivity contribution in [1.82, 2.24) is 14.9 Å². The highest BCUT2D eigenvalue weighted by Gasteiger charge is 2.50. The van der Waals surface area contributed by atoms with Crippen molar-refractivity contribution in [3.05, 3.63) is 54.2 Å². The van der Waals surface area contributed by atoms with Gasteiger partial charge in [-0.2, -0.15) is 0 Å². The molecular formula is C20H23FN4O. The molecule has 2 aliphatic rings. The van der Waals surface area contributed by atoms with E-state index < -0.39 is 0 Å². The number of benzene rings is 1. The number of carbonyl (C=O) groups excluding carboxylic acids is 1. The third kappa shape index (κ3) is 3.16. The molecule has 5 nitrogen and oxygen atoms in total. The molecule has 0 bridgehead atoms. The first kappa shape index (κ1) is 16.9. The molecule has 136 valence electrons. The van der Waals surface area contributed by atoms with E-state index in [2.05, 4.69) is 21.9 Å². The van der Waals surface area contributed by atoms with E-state index >= 15 is 0 Å². The lowest BCUT2D eigenvalue weighted by Crippen LogP contribution is -2.51. The predicted molar refractivity (Wildman–Crippen MR) is 97.2 cm³/mol. The smallest absolute Gasteiger partial charge is 0.227 e. The highest BCUT2D eigenvalue weighted by molar-refractivity contribution is 5.79. The molecule has 0 radical (unpaired) electrons. The molecule has 2 heterocycles. The van der Waals surface area contributed by atoms with Gasteiger partial charge in [-0.25, -0.2) is 14.4 Å². The molecule has 1 amide bonds. The van der Waals surface area contributed by atoms with Gasteiger partial charge in [-0.05, 0) is 42.4 Å². The summed E-state index contributed by atoms with van der Waals surface area (Å²) in [6, 6.07) is 8.89. The van der Waals surface area contributed by atoms with Crippen molar-refractivity contribution >= 4 is 11.7 Å². The van der Waals surface area contributed by atoms with E-state index in [9.17, 15) is 9.18 Å². The van der Waals surface area contributed by atoms with Gasteiger partial charge in [0.15, 0.2) is 0 Å². The summed E-state index contributed by atoms with van der Waals surface area (Å²) in [7, 11) is 2.07. The van der Waals surface area contributed by atoms with Crippen molar-refractivity contribution in [2.45, 2.75) is 31.7 Å². The normalized spacial score (nSPS) is 24.5. The fraction of sp³-hybridized carbons (Fsp3) is 0.450. The Kier molecular flexibility index (Phi) is 4.34. The average Bonchev–Trinajstić information content (AvgIpc) is 3.08. The van der Waals surface area contributed by atoms with Gasteiger partial charge in [0.2, 0.25) is 5.91 Å². The number of nitrogens with zero attached hydrogens (tertiary/aromatic N) is 4. The Hall–Kier alpha value is -2.50. The summed E-state index contributed by atoms with van der Waals surface area (Å²) in [5, 5.41) is 0. The van der Waals surface area contributed by atoms with E-state index in [0.29, 0.717) is 11.6 Å². The highest BCUT2D eigenvalue weighted by Crippen LogP contribution is 2.50. The molecule has 2 fully saturated rings. The molecule has 1 saturated heterocycles. The molecule has 1 aliphatic carbocycles. The quantitative estimate of drug-likeness (QED) is 0.847. The second kappa shape index (κ2) is 6.67. The Morgan fingerprint density at radius 2 is 2.15 bits per heavy atom. The molecule has 0 atom stereocenters. The summed E-state index contributed by atoms with van der Waals surface area (Å²) < 4.78 is 13.8. The van der Waals surface area contributed by atoms with Crippen LogP contribution in [0.3, 0.4) is 0 Å². The van der Waals surface area contributed by atoms with Gasteiger partial charge in [-0.15, -0.1) is 0 Å². The van der Waals surface area contributed by atoms with Crippen LogP contribution < -0.4 is 4.90 Å². The average molecular weight is 354 g/mol. The topological polar surface area (TPSA) is 49.3 Å². The van der Waals surface area contributed by atoms with Crippen LogP contribution in [0.5, 0.6) is 0 Å². The van der Waals surface area contributed by atoms with Gasteiger partial charge in [0, 0.05) is 32.4 Å². The SMILES string of the molecule is CN(c1ccncn1)C1CC2(CCN(C(=O)Cc3ccccc3F)C2)C1. The van der Waals surface area contributed by atoms with Crippen LogP contribution >= 0.6 is 0 Å². The second-order valence-electron chi connectivity index (χ2n) is 7.57. The lowest BCUT2D eigenvalue weighted by atomic mass is 9.64. The lowest BCUT2D eigenvalue weighted by Gasteiger charge is -2.49. The number of aromatic nitrogens is 2. The number of likely N-dealkylation sites (tertiary alicyclic amines) is 1. The number of amides is 1. The van der Waals surface area contributed by atoms with Crippen molar-refractivity contribution in [3.63, 3.8) is 0 Å². The van der Waals surface area contributed by atoms with Gasteiger partial charge >= 0.3 is 0 Å². The number of rotatable bonds is 4. The molecule has 0 unspecified atom stereocenters. The molecule has 1 aromatic heterocycles. The largest absolute Gasteiger partial charge is 0.357 e. The predicted octanol–water partition coefficient (Wildman–Crippen LogP) is 2.68. The van der Waals surface area contributed by atoms with E-state index in [1.165, 1.54) is 6.07 Å². The fourth-order valence-electron chi connectivity index (χ4n) is 4.29. The van der Waals surface area contributed by atoms with Crippen LogP contribution in [0.2, 0.25) is 0 Å². The summed E-state index contributed by atoms with van der Waals surface area (Å²) in [5.74, 6) is 0.662. The molecular weight excluding hydrogens is 331 g/mol. The molecule has 2 aromatic rings. The molecule has 1 aliphatic heterocycles. The first-order valence-electron chi connectivity index (χ1n) is 9.06. The molecule has 1 aromatic carbocycles. The zero-order valence-electron chi connectivity index (χ0n) is 14.9. The summed E-state index contributed by atoms with van der Waals surface area (Å²) >= 11 is 0. The van der Waals surface area contributed by atoms with E-state index in [4.69, 9.17) is 0 Å². The number of halogens is 1. The number of hydrogen-bond acceptors (Lipinski definition) is 4. The third-order valence-electron chi connectivity index (χ3n) is 5.90. The van der Waals surface area contributed by atoms with Crippen molar-refractivity contribution in [3.8, 4) is 0 Å². The zero-order chi connectivity index (χ0) is 18.1. The molecule has 6 heteroatoms. The summed E-state index contributed by atoms with van der Waals surface area (Å²) in [4.78, 5) is 25.0. The van der Waals surface area contributed by atoms with Crippen molar-refractivity contribution in [2.75, 3.05) is 25.0 Å². The van der Waals surface area contributed by atoms with E-state index in [0.717, 1.165) is 38.2 Å². The van der Waals surface area contributed by atoms with Crippen LogP contribution in [0.25, 0.3) is 0 Å². The monoisotopic (exact) mass is 354 g/mol. The molecule has 26 heavy (non-hydrogen) atoms. The van der Waals surface area contributed by atoms with Gasteiger partial charge in [-0.3, -0.25) is 4.79 Å². The Bertz CT molecular complexity index is 791. The van der Waals surface area contributed by atoms with Crippen LogP contribution in [-0.2, 0) is 11.2 Å². The first-order chi connectivity index (χ1) is 12.6. The maximum Gasteiger partial charge on any atom is 0.227 e. The van der Waals surface area contributed by atoms with Crippen LogP contribution in [0.15, 0.2) is 42.9 Å². The van der Waals surface area contributed by atoms with Crippen molar-refractivity contribution in [2.24, 2.45) is 5.41 Å². The van der Waals surface area contributed by atoms with Crippen LogP contribution in [0, 0.1) is 11.2 Å². The van der Waals surface area contributed by atoms with Crippen LogP contribution in [0.1, 0.15) is 24.8 Å². The van der Waals surface area contributed by atoms with Crippen molar-refractivity contribution < 1.29 is 9.18 Å². The van der Waals surface area contributed by atoms with Gasteiger partial charge < -0.3 is 9.80 Å². The Morgan fingerprint density at radius 3 is 2.88 bits per heavy atom. The summed E-state index contributed by atoms with van der Waals surface area (Å²) in [6.07, 6.45) is 6.63. The zero-order valence-corrected chi connectivity index (χ0v) is 14.9. The first-order valence-corrected chi connectivity index (χ1v) is 9.06. The van der Waals surface area contributed by atoms with Crippen LogP contribution in [-0.4, -0.2) is 47.0 Å². The van der Waals surface area contributed by atoms with E-state index in [-0.39, 0.29) is 23.6 Å². The highest BCUT2D eigenvalue weighted by atomic mass is 19.1. The van der Waals surface area contributed by atoms with Gasteiger partial charge in [0.25, 0.3) is 0 Å². The minimum Gasteiger partial charge on any atom is -0.357 e. The number of anilines is 1. The van der Waals surface area contributed by atoms with Crippen LogP contribution in [0.4, 0.5) is 10.2 Å². The van der Waals surface area contributed by atoms with E-state index in [1.807, 2.05) is 11.0 Å². The Balaban J connectivity index is 1.33. The Labute approximate surface area is 152 Å². The van der Waals surface area contributed by atoms with E-state index in [1.54, 1.807) is 30.7 Å². The Morgan fingerprint density at radius 1 is 1.35 bits per heavy atom. The maximum absolute atomic E-state index is 13.8. The standard InChI is InChI=1S/C20H23FN4O/c1-24(18-6-8-22-14-23-18)16-11-20(12-16)7-9-25(13-20)19(26)10-15-4-2-3-5-17(15)21/h2-6,8,14,16H,7,9-13H2,1H3. The van der Waals surface area contributed by atoms with Crippen molar-refractivity contribution in [1.29, 1.82) is 0 Å². The van der Waals surface area contributed by atoms with Gasteiger partial charge in [0.1, 0.15) is 18.0 Å². The second-order valence-corrected chi connectivity index (χ2v) is 7.57. The minimum atomic E-state index is -0.301. The third-order valence-corrected chi connectivity index (χ3v) is 5.90. The lowest BCUT2D eigenvalue weighted by molar-refractivity contribution is -0.130. The number of carbonyl (C=O) groups is 1. The molecule has 1 spiro atoms. The molecule has 0 N–H and O–H groups in total. The maximum atomic E-state index is 13.8. The summed E-state index contributed by atoms with van der Waals surface area (Å²) in [6.45, 7) is 1.56. The minimum absolute atomic E-state index is 0.0274. The fourth-order valence-corrected chi connectivity index (χ4v) is 4.29. The molecule has 4 rings (SSSR count).